The molecule has 20 heavy (non-hydrogen) atoms. The van der Waals surface area contributed by atoms with Crippen LogP contribution in [-0.4, -0.2) is 15.9 Å². The fraction of sp³-hybridized carbons (Fsp3) is 0.231. The van der Waals surface area contributed by atoms with Gasteiger partial charge in [-0.1, -0.05) is 11.6 Å². The van der Waals surface area contributed by atoms with Gasteiger partial charge in [0.15, 0.2) is 0 Å². The number of hydrogen-bond acceptors (Lipinski definition) is 5. The van der Waals surface area contributed by atoms with Crippen molar-refractivity contribution >= 4 is 39.9 Å². The molecule has 102 valence electrons. The highest BCUT2D eigenvalue weighted by atomic mass is 35.5. The summed E-state index contributed by atoms with van der Waals surface area (Å²) < 4.78 is 0. The van der Waals surface area contributed by atoms with Gasteiger partial charge in [-0.3, -0.25) is 4.79 Å². The first-order valence-electron chi connectivity index (χ1n) is 5.92. The predicted molar refractivity (Wildman–Crippen MR) is 77.0 cm³/mol. The Kier molecular flexibility index (Phi) is 4.01. The summed E-state index contributed by atoms with van der Waals surface area (Å²) >= 11 is 5.84. The molecule has 1 aliphatic rings. The van der Waals surface area contributed by atoms with Crippen LogP contribution in [0.3, 0.4) is 0 Å². The standard InChI is InChI=1S/C12H11ClN4O.CHN/c13-9-3-7-4-10(17-12(18)6-1-2-6)15-5-8(7)11(14)16-9;1-2/h3-6H,1-2H2,(H2,14,16)(H,15,17,18);1H. The summed E-state index contributed by atoms with van der Waals surface area (Å²) in [6.45, 7) is 3.50. The van der Waals surface area contributed by atoms with Gasteiger partial charge in [0.2, 0.25) is 5.91 Å². The molecular formula is C13H12ClN5O. The van der Waals surface area contributed by atoms with Gasteiger partial charge in [0.1, 0.15) is 16.8 Å². The number of carbonyl (C=O) groups is 1. The summed E-state index contributed by atoms with van der Waals surface area (Å²) in [6, 6.07) is 3.45. The number of anilines is 2. The Balaban J connectivity index is 0.000000704. The van der Waals surface area contributed by atoms with E-state index in [0.717, 1.165) is 23.6 Å². The SMILES string of the molecule is C#N.Nc1nc(Cl)cc2cc(NC(=O)C3CC3)ncc12. The van der Waals surface area contributed by atoms with Crippen LogP contribution in [0.1, 0.15) is 12.8 Å². The zero-order valence-electron chi connectivity index (χ0n) is 10.5. The van der Waals surface area contributed by atoms with Crippen molar-refractivity contribution in [2.24, 2.45) is 5.92 Å². The average molecular weight is 290 g/mol. The van der Waals surface area contributed by atoms with Gasteiger partial charge in [0.05, 0.1) is 0 Å². The highest BCUT2D eigenvalue weighted by Crippen LogP contribution is 2.30. The number of hydrogen-bond donors (Lipinski definition) is 2. The second kappa shape index (κ2) is 5.72. The number of aromatic nitrogens is 2. The third-order valence-corrected chi connectivity index (χ3v) is 3.11. The normalized spacial score (nSPS) is 13.3. The van der Waals surface area contributed by atoms with Crippen molar-refractivity contribution in [2.45, 2.75) is 12.8 Å². The summed E-state index contributed by atoms with van der Waals surface area (Å²) in [4.78, 5) is 19.7. The van der Waals surface area contributed by atoms with Crippen molar-refractivity contribution in [3.8, 4) is 6.57 Å². The maximum atomic E-state index is 11.6. The molecule has 1 amide bonds. The van der Waals surface area contributed by atoms with Gasteiger partial charge in [0.25, 0.3) is 0 Å². The van der Waals surface area contributed by atoms with Gasteiger partial charge in [-0.05, 0) is 30.4 Å². The molecule has 2 heterocycles. The van der Waals surface area contributed by atoms with Crippen molar-refractivity contribution < 1.29 is 4.79 Å². The molecule has 0 spiro atoms. The molecule has 0 unspecified atom stereocenters. The Labute approximate surface area is 120 Å². The number of fused-ring (bicyclic) bond motifs is 1. The van der Waals surface area contributed by atoms with E-state index in [1.54, 1.807) is 18.3 Å². The second-order valence-electron chi connectivity index (χ2n) is 4.38. The van der Waals surface area contributed by atoms with E-state index in [2.05, 4.69) is 21.9 Å². The van der Waals surface area contributed by atoms with E-state index < -0.39 is 0 Å². The first kappa shape index (κ1) is 14.0. The molecule has 3 N–H and O–H groups in total. The van der Waals surface area contributed by atoms with Gasteiger partial charge in [0, 0.05) is 24.1 Å². The molecule has 1 fully saturated rings. The van der Waals surface area contributed by atoms with Crippen LogP contribution in [0.25, 0.3) is 10.8 Å². The lowest BCUT2D eigenvalue weighted by Gasteiger charge is -2.06. The number of carbonyl (C=O) groups excluding carboxylic acids is 1. The van der Waals surface area contributed by atoms with Crippen LogP contribution in [0.4, 0.5) is 11.6 Å². The molecule has 0 atom stereocenters. The number of nitrogens with two attached hydrogens (primary N) is 1. The highest BCUT2D eigenvalue weighted by Gasteiger charge is 2.29. The van der Waals surface area contributed by atoms with Crippen LogP contribution in [0.15, 0.2) is 18.3 Å². The fourth-order valence-electron chi connectivity index (χ4n) is 1.78. The van der Waals surface area contributed by atoms with Crippen LogP contribution in [-0.2, 0) is 4.79 Å². The molecule has 0 aliphatic heterocycles. The minimum absolute atomic E-state index is 0.0231. The van der Waals surface area contributed by atoms with E-state index in [0.29, 0.717) is 16.8 Å². The Morgan fingerprint density at radius 1 is 1.45 bits per heavy atom. The van der Waals surface area contributed by atoms with E-state index in [9.17, 15) is 4.79 Å². The first-order valence-corrected chi connectivity index (χ1v) is 6.30. The van der Waals surface area contributed by atoms with E-state index in [-0.39, 0.29) is 11.8 Å². The molecule has 0 aromatic carbocycles. The second-order valence-corrected chi connectivity index (χ2v) is 4.77. The zero-order valence-corrected chi connectivity index (χ0v) is 11.3. The minimum atomic E-state index is 0.0231. The van der Waals surface area contributed by atoms with E-state index in [1.807, 2.05) is 0 Å². The Bertz CT molecular complexity index is 681. The first-order chi connectivity index (χ1) is 9.63. The maximum absolute atomic E-state index is 11.6. The lowest BCUT2D eigenvalue weighted by Crippen LogP contribution is -2.14. The van der Waals surface area contributed by atoms with Crippen LogP contribution in [0.5, 0.6) is 0 Å². The van der Waals surface area contributed by atoms with E-state index in [4.69, 9.17) is 22.6 Å². The Morgan fingerprint density at radius 3 is 2.80 bits per heavy atom. The van der Waals surface area contributed by atoms with Crippen molar-refractivity contribution in [2.75, 3.05) is 11.1 Å². The van der Waals surface area contributed by atoms with Crippen LogP contribution < -0.4 is 11.1 Å². The summed E-state index contributed by atoms with van der Waals surface area (Å²) in [5.74, 6) is 1.02. The lowest BCUT2D eigenvalue weighted by molar-refractivity contribution is -0.117. The zero-order chi connectivity index (χ0) is 14.7. The van der Waals surface area contributed by atoms with Gasteiger partial charge in [-0.15, -0.1) is 0 Å². The van der Waals surface area contributed by atoms with Gasteiger partial charge < -0.3 is 11.1 Å². The number of rotatable bonds is 2. The topological polar surface area (TPSA) is 105 Å². The molecule has 0 radical (unpaired) electrons. The molecular weight excluding hydrogens is 278 g/mol. The third-order valence-electron chi connectivity index (χ3n) is 2.91. The molecule has 1 saturated carbocycles. The number of amides is 1. The number of nitrogens with zero attached hydrogens (tertiary/aromatic N) is 3. The quantitative estimate of drug-likeness (QED) is 0.826. The molecule has 1 aliphatic carbocycles. The summed E-state index contributed by atoms with van der Waals surface area (Å²) in [5.41, 5.74) is 5.74. The minimum Gasteiger partial charge on any atom is -0.383 e. The monoisotopic (exact) mass is 289 g/mol. The number of nitrogens with one attached hydrogen (secondary N) is 1. The molecule has 6 nitrogen and oxygen atoms in total. The van der Waals surface area contributed by atoms with Crippen LogP contribution in [0, 0.1) is 17.8 Å². The van der Waals surface area contributed by atoms with Crippen molar-refractivity contribution in [1.82, 2.24) is 9.97 Å². The number of halogens is 1. The molecule has 7 heteroatoms. The average Bonchev–Trinajstić information content (AvgIpc) is 3.24. The summed E-state index contributed by atoms with van der Waals surface area (Å²) in [7, 11) is 0. The van der Waals surface area contributed by atoms with Crippen LogP contribution in [0.2, 0.25) is 5.15 Å². The van der Waals surface area contributed by atoms with E-state index in [1.165, 1.54) is 0 Å². The number of pyridine rings is 2. The van der Waals surface area contributed by atoms with Crippen molar-refractivity contribution in [3.05, 3.63) is 23.5 Å². The predicted octanol–water partition coefficient (Wildman–Crippen LogP) is 2.35. The maximum Gasteiger partial charge on any atom is 0.228 e. The number of nitrogen functional groups attached to an aromatic ring is 1. The number of nitriles is 1. The van der Waals surface area contributed by atoms with Crippen LogP contribution >= 0.6 is 11.6 Å². The third kappa shape index (κ3) is 2.95. The molecule has 2 aromatic heterocycles. The fourth-order valence-corrected chi connectivity index (χ4v) is 1.99. The Hall–Kier alpha value is -2.39. The largest absolute Gasteiger partial charge is 0.383 e. The summed E-state index contributed by atoms with van der Waals surface area (Å²) in [5, 5.41) is 11.1. The van der Waals surface area contributed by atoms with Crippen molar-refractivity contribution in [3.63, 3.8) is 0 Å². The molecule has 3 rings (SSSR count). The molecule has 0 bridgehead atoms. The smallest absolute Gasteiger partial charge is 0.228 e. The molecule has 0 saturated heterocycles. The lowest BCUT2D eigenvalue weighted by atomic mass is 10.2. The molecule has 2 aromatic rings. The highest BCUT2D eigenvalue weighted by molar-refractivity contribution is 6.30. The van der Waals surface area contributed by atoms with Gasteiger partial charge >= 0.3 is 0 Å². The van der Waals surface area contributed by atoms with Gasteiger partial charge in [-0.25, -0.2) is 15.2 Å². The summed E-state index contributed by atoms with van der Waals surface area (Å²) in [6.07, 6.45) is 3.51. The van der Waals surface area contributed by atoms with E-state index >= 15 is 0 Å². The Morgan fingerprint density at radius 2 is 2.15 bits per heavy atom. The van der Waals surface area contributed by atoms with Crippen molar-refractivity contribution in [1.29, 1.82) is 5.26 Å². The van der Waals surface area contributed by atoms with Gasteiger partial charge in [-0.2, -0.15) is 0 Å².